The van der Waals surface area contributed by atoms with E-state index in [1.165, 1.54) is 12.1 Å². The van der Waals surface area contributed by atoms with Crippen LogP contribution < -0.4 is 0 Å². The van der Waals surface area contributed by atoms with Gasteiger partial charge in [0.1, 0.15) is 0 Å². The lowest BCUT2D eigenvalue weighted by Gasteiger charge is -2.00. The summed E-state index contributed by atoms with van der Waals surface area (Å²) in [5.74, 6) is 0. The molecule has 0 aromatic heterocycles. The number of benzene rings is 1. The van der Waals surface area contributed by atoms with Crippen molar-refractivity contribution in [3.63, 3.8) is 0 Å². The molecule has 0 spiro atoms. The summed E-state index contributed by atoms with van der Waals surface area (Å²) >= 11 is 11.2. The van der Waals surface area contributed by atoms with Gasteiger partial charge in [0.2, 0.25) is 0 Å². The maximum Gasteiger partial charge on any atom is 0.177 e. The molecule has 0 unspecified atom stereocenters. The molecule has 0 radical (unpaired) electrons. The predicted molar refractivity (Wildman–Crippen MR) is 49.6 cm³/mol. The van der Waals surface area contributed by atoms with Gasteiger partial charge in [-0.2, -0.15) is 0 Å². The molecule has 0 heterocycles. The zero-order valence-corrected chi connectivity index (χ0v) is 8.54. The second kappa shape index (κ2) is 3.24. The first-order chi connectivity index (χ1) is 5.41. The Bertz CT molecular complexity index is 398. The van der Waals surface area contributed by atoms with Crippen LogP contribution in [0.2, 0.25) is 10.0 Å². The van der Waals surface area contributed by atoms with E-state index in [1.54, 1.807) is 6.07 Å². The van der Waals surface area contributed by atoms with Crippen molar-refractivity contribution in [2.75, 3.05) is 6.26 Å². The molecule has 12 heavy (non-hydrogen) atoms. The molecule has 0 amide bonds. The van der Waals surface area contributed by atoms with Gasteiger partial charge in [-0.25, -0.2) is 8.42 Å². The molecule has 66 valence electrons. The molecule has 0 aliphatic rings. The second-order valence-electron chi connectivity index (χ2n) is 2.35. The lowest BCUT2D eigenvalue weighted by molar-refractivity contribution is 0.602. The van der Waals surface area contributed by atoms with Crippen molar-refractivity contribution < 1.29 is 8.42 Å². The highest BCUT2D eigenvalue weighted by Crippen LogP contribution is 2.24. The van der Waals surface area contributed by atoms with Crippen molar-refractivity contribution >= 4 is 33.0 Å². The Balaban J connectivity index is 3.43. The van der Waals surface area contributed by atoms with E-state index in [9.17, 15) is 8.42 Å². The van der Waals surface area contributed by atoms with Crippen LogP contribution >= 0.6 is 23.2 Å². The Morgan fingerprint density at radius 3 is 2.25 bits per heavy atom. The SMILES string of the molecule is CS(=O)(=O)c1cc(Cl)ccc1Cl. The number of hydrogen-bond donors (Lipinski definition) is 0. The molecule has 0 aliphatic heterocycles. The second-order valence-corrected chi connectivity index (χ2v) is 5.17. The van der Waals surface area contributed by atoms with E-state index < -0.39 is 9.84 Å². The first-order valence-electron chi connectivity index (χ1n) is 3.06. The molecule has 0 aliphatic carbocycles. The normalized spacial score (nSPS) is 11.6. The van der Waals surface area contributed by atoms with Crippen molar-refractivity contribution in [3.8, 4) is 0 Å². The summed E-state index contributed by atoms with van der Waals surface area (Å²) in [4.78, 5) is 0.0664. The molecule has 0 N–H and O–H groups in total. The summed E-state index contributed by atoms with van der Waals surface area (Å²) in [6.45, 7) is 0. The van der Waals surface area contributed by atoms with Crippen LogP contribution in [0.15, 0.2) is 23.1 Å². The van der Waals surface area contributed by atoms with Gasteiger partial charge in [0, 0.05) is 11.3 Å². The highest BCUT2D eigenvalue weighted by Gasteiger charge is 2.11. The van der Waals surface area contributed by atoms with Gasteiger partial charge in [0.15, 0.2) is 9.84 Å². The molecule has 1 aromatic rings. The van der Waals surface area contributed by atoms with Gasteiger partial charge < -0.3 is 0 Å². The molecule has 2 nitrogen and oxygen atoms in total. The monoisotopic (exact) mass is 224 g/mol. The first-order valence-corrected chi connectivity index (χ1v) is 5.71. The summed E-state index contributed by atoms with van der Waals surface area (Å²) in [6, 6.07) is 4.33. The lowest BCUT2D eigenvalue weighted by atomic mass is 10.4. The molecule has 1 rings (SSSR count). The fourth-order valence-electron chi connectivity index (χ4n) is 0.761. The standard InChI is InChI=1S/C7H6Cl2O2S/c1-12(10,11)7-4-5(8)2-3-6(7)9/h2-4H,1H3. The Hall–Kier alpha value is -0.250. The molecule has 0 saturated heterocycles. The zero-order valence-electron chi connectivity index (χ0n) is 6.21. The Labute approximate surface area is 81.0 Å². The lowest BCUT2D eigenvalue weighted by Crippen LogP contribution is -1.97. The van der Waals surface area contributed by atoms with E-state index in [-0.39, 0.29) is 9.92 Å². The molecular formula is C7H6Cl2O2S. The van der Waals surface area contributed by atoms with E-state index in [0.29, 0.717) is 5.02 Å². The third-order valence-corrected chi connectivity index (χ3v) is 3.11. The van der Waals surface area contributed by atoms with E-state index in [0.717, 1.165) is 6.26 Å². The fraction of sp³-hybridized carbons (Fsp3) is 0.143. The van der Waals surface area contributed by atoms with Crippen molar-refractivity contribution in [1.29, 1.82) is 0 Å². The predicted octanol–water partition coefficient (Wildman–Crippen LogP) is 2.40. The van der Waals surface area contributed by atoms with Crippen molar-refractivity contribution in [2.24, 2.45) is 0 Å². The van der Waals surface area contributed by atoms with Gasteiger partial charge >= 0.3 is 0 Å². The molecule has 0 saturated carbocycles. The van der Waals surface area contributed by atoms with E-state index >= 15 is 0 Å². The van der Waals surface area contributed by atoms with Crippen LogP contribution in [-0.2, 0) is 9.84 Å². The third kappa shape index (κ3) is 2.12. The summed E-state index contributed by atoms with van der Waals surface area (Å²) < 4.78 is 22.1. The van der Waals surface area contributed by atoms with Crippen molar-refractivity contribution in [3.05, 3.63) is 28.2 Å². The smallest absolute Gasteiger partial charge is 0.177 e. The number of halogens is 2. The third-order valence-electron chi connectivity index (χ3n) is 1.29. The van der Waals surface area contributed by atoms with Crippen molar-refractivity contribution in [2.45, 2.75) is 4.90 Å². The largest absolute Gasteiger partial charge is 0.224 e. The summed E-state index contributed by atoms with van der Waals surface area (Å²) in [7, 11) is -3.27. The van der Waals surface area contributed by atoms with Crippen LogP contribution in [0.1, 0.15) is 0 Å². The summed E-state index contributed by atoms with van der Waals surface area (Å²) in [5, 5.41) is 0.557. The molecule has 0 bridgehead atoms. The fourth-order valence-corrected chi connectivity index (χ4v) is 2.30. The average molecular weight is 225 g/mol. The minimum Gasteiger partial charge on any atom is -0.224 e. The zero-order chi connectivity index (χ0) is 9.35. The Morgan fingerprint density at radius 1 is 1.25 bits per heavy atom. The van der Waals surface area contributed by atoms with Gasteiger partial charge in [-0.05, 0) is 18.2 Å². The van der Waals surface area contributed by atoms with E-state index in [2.05, 4.69) is 0 Å². The van der Waals surface area contributed by atoms with Gasteiger partial charge in [0.05, 0.1) is 9.92 Å². The summed E-state index contributed by atoms with van der Waals surface area (Å²) in [6.07, 6.45) is 1.09. The van der Waals surface area contributed by atoms with Crippen LogP contribution in [0.25, 0.3) is 0 Å². The van der Waals surface area contributed by atoms with Crippen LogP contribution in [0, 0.1) is 0 Å². The number of hydrogen-bond acceptors (Lipinski definition) is 2. The maximum atomic E-state index is 11.1. The van der Waals surface area contributed by atoms with Gasteiger partial charge in [-0.1, -0.05) is 23.2 Å². The van der Waals surface area contributed by atoms with Crippen LogP contribution in [-0.4, -0.2) is 14.7 Å². The highest BCUT2D eigenvalue weighted by atomic mass is 35.5. The Kier molecular flexibility index (Phi) is 2.66. The van der Waals surface area contributed by atoms with Gasteiger partial charge in [-0.15, -0.1) is 0 Å². The molecule has 5 heteroatoms. The first kappa shape index (κ1) is 9.84. The quantitative estimate of drug-likeness (QED) is 0.735. The van der Waals surface area contributed by atoms with Crippen molar-refractivity contribution in [1.82, 2.24) is 0 Å². The van der Waals surface area contributed by atoms with Crippen LogP contribution in [0.3, 0.4) is 0 Å². The van der Waals surface area contributed by atoms with E-state index in [1.807, 2.05) is 0 Å². The molecular weight excluding hydrogens is 219 g/mol. The minimum atomic E-state index is -3.27. The maximum absolute atomic E-state index is 11.1. The molecule has 0 atom stereocenters. The number of rotatable bonds is 1. The Morgan fingerprint density at radius 2 is 1.83 bits per heavy atom. The van der Waals surface area contributed by atoms with Gasteiger partial charge in [0.25, 0.3) is 0 Å². The van der Waals surface area contributed by atoms with Crippen LogP contribution in [0.5, 0.6) is 0 Å². The van der Waals surface area contributed by atoms with E-state index in [4.69, 9.17) is 23.2 Å². The molecule has 1 aromatic carbocycles. The molecule has 0 fully saturated rings. The number of sulfone groups is 1. The average Bonchev–Trinajstić information content (AvgIpc) is 1.92. The van der Waals surface area contributed by atoms with Gasteiger partial charge in [-0.3, -0.25) is 0 Å². The minimum absolute atomic E-state index is 0.0664. The summed E-state index contributed by atoms with van der Waals surface area (Å²) in [5.41, 5.74) is 0. The highest BCUT2D eigenvalue weighted by molar-refractivity contribution is 7.90. The van der Waals surface area contributed by atoms with Crippen LogP contribution in [0.4, 0.5) is 0 Å². The topological polar surface area (TPSA) is 34.1 Å².